The largest absolute Gasteiger partial charge is 0.478 e. The van der Waals surface area contributed by atoms with Crippen molar-refractivity contribution in [3.8, 4) is 12.0 Å². The molecule has 0 amide bonds. The molecule has 0 bridgehead atoms. The van der Waals surface area contributed by atoms with E-state index in [1.165, 1.54) is 0 Å². The average molecular weight is 344 g/mol. The lowest BCUT2D eigenvalue weighted by Crippen LogP contribution is -2.31. The van der Waals surface area contributed by atoms with Gasteiger partial charge in [0, 0.05) is 30.8 Å². The van der Waals surface area contributed by atoms with Gasteiger partial charge in [0.2, 0.25) is 0 Å². The molecule has 0 aromatic heterocycles. The van der Waals surface area contributed by atoms with E-state index in [9.17, 15) is 14.7 Å². The SMILES string of the molecule is CCCC#CN1C=C(C2CCCN2C)C=C(C(=CC(=O)O)C(=O)O)C1. The first kappa shape index (κ1) is 18.8. The molecule has 6 nitrogen and oxygen atoms in total. The molecule has 0 spiro atoms. The molecule has 134 valence electrons. The minimum Gasteiger partial charge on any atom is -0.478 e. The van der Waals surface area contributed by atoms with Crippen LogP contribution in [-0.4, -0.2) is 58.1 Å². The lowest BCUT2D eigenvalue weighted by atomic mass is 9.95. The van der Waals surface area contributed by atoms with Crippen molar-refractivity contribution in [2.75, 3.05) is 20.1 Å². The van der Waals surface area contributed by atoms with E-state index in [0.717, 1.165) is 43.9 Å². The third-order valence-corrected chi connectivity index (χ3v) is 4.33. The number of hydrogen-bond donors (Lipinski definition) is 2. The maximum absolute atomic E-state index is 11.5. The van der Waals surface area contributed by atoms with Gasteiger partial charge in [-0.2, -0.15) is 0 Å². The van der Waals surface area contributed by atoms with Gasteiger partial charge in [-0.15, -0.1) is 0 Å². The first-order chi connectivity index (χ1) is 11.9. The third-order valence-electron chi connectivity index (χ3n) is 4.33. The highest BCUT2D eigenvalue weighted by atomic mass is 16.4. The number of likely N-dealkylation sites (N-methyl/N-ethyl adjacent to an activating group) is 1. The number of hydrogen-bond acceptors (Lipinski definition) is 4. The Morgan fingerprint density at radius 1 is 1.40 bits per heavy atom. The van der Waals surface area contributed by atoms with Crippen LogP contribution in [0.5, 0.6) is 0 Å². The molecule has 2 aliphatic heterocycles. The van der Waals surface area contributed by atoms with E-state index in [1.807, 2.05) is 26.2 Å². The van der Waals surface area contributed by atoms with Crippen LogP contribution in [0.4, 0.5) is 0 Å². The number of nitrogens with zero attached hydrogens (tertiary/aromatic N) is 2. The van der Waals surface area contributed by atoms with E-state index >= 15 is 0 Å². The Kier molecular flexibility index (Phi) is 6.43. The highest BCUT2D eigenvalue weighted by Crippen LogP contribution is 2.28. The molecule has 1 saturated heterocycles. The number of aliphatic carboxylic acids is 2. The zero-order valence-electron chi connectivity index (χ0n) is 14.7. The Hall–Kier alpha value is -2.52. The third kappa shape index (κ3) is 4.97. The van der Waals surface area contributed by atoms with Crippen molar-refractivity contribution in [3.05, 3.63) is 35.1 Å². The number of unbranched alkanes of at least 4 members (excludes halogenated alkanes) is 1. The summed E-state index contributed by atoms with van der Waals surface area (Å²) in [6, 6.07) is 3.25. The molecule has 2 heterocycles. The lowest BCUT2D eigenvalue weighted by molar-refractivity contribution is -0.134. The van der Waals surface area contributed by atoms with Crippen LogP contribution in [0.2, 0.25) is 0 Å². The van der Waals surface area contributed by atoms with Gasteiger partial charge in [0.15, 0.2) is 0 Å². The van der Waals surface area contributed by atoms with Gasteiger partial charge in [-0.1, -0.05) is 18.9 Å². The van der Waals surface area contributed by atoms with Crippen molar-refractivity contribution in [1.82, 2.24) is 9.80 Å². The molecule has 0 aliphatic carbocycles. The molecule has 1 fully saturated rings. The molecule has 2 aliphatic rings. The van der Waals surface area contributed by atoms with E-state index in [-0.39, 0.29) is 18.2 Å². The maximum atomic E-state index is 11.5. The summed E-state index contributed by atoms with van der Waals surface area (Å²) in [6.45, 7) is 3.30. The molecular weight excluding hydrogens is 320 g/mol. The minimum atomic E-state index is -1.27. The Morgan fingerprint density at radius 2 is 2.16 bits per heavy atom. The smallest absolute Gasteiger partial charge is 0.336 e. The molecule has 6 heteroatoms. The summed E-state index contributed by atoms with van der Waals surface area (Å²) >= 11 is 0. The second-order valence-electron chi connectivity index (χ2n) is 6.31. The maximum Gasteiger partial charge on any atom is 0.336 e. The highest BCUT2D eigenvalue weighted by molar-refractivity contribution is 5.98. The molecule has 1 unspecified atom stereocenters. The van der Waals surface area contributed by atoms with Crippen LogP contribution in [0.3, 0.4) is 0 Å². The summed E-state index contributed by atoms with van der Waals surface area (Å²) in [7, 11) is 2.04. The summed E-state index contributed by atoms with van der Waals surface area (Å²) in [5, 5.41) is 18.4. The van der Waals surface area contributed by atoms with Crippen LogP contribution in [0, 0.1) is 12.0 Å². The minimum absolute atomic E-state index is 0.193. The number of carboxylic acid groups (broad SMARTS) is 2. The fourth-order valence-electron chi connectivity index (χ4n) is 3.14. The van der Waals surface area contributed by atoms with Crippen molar-refractivity contribution in [3.63, 3.8) is 0 Å². The fraction of sp³-hybridized carbons (Fsp3) is 0.474. The summed E-state index contributed by atoms with van der Waals surface area (Å²) in [4.78, 5) is 26.5. The molecular formula is C19H24N2O4. The second-order valence-corrected chi connectivity index (χ2v) is 6.31. The normalized spacial score (nSPS) is 21.3. The predicted octanol–water partition coefficient (Wildman–Crippen LogP) is 2.06. The molecule has 0 aromatic rings. The Morgan fingerprint density at radius 3 is 2.72 bits per heavy atom. The zero-order chi connectivity index (χ0) is 18.4. The predicted molar refractivity (Wildman–Crippen MR) is 94.6 cm³/mol. The molecule has 1 atom stereocenters. The monoisotopic (exact) mass is 344 g/mol. The van der Waals surface area contributed by atoms with Gasteiger partial charge in [-0.25, -0.2) is 9.59 Å². The molecule has 2 N–H and O–H groups in total. The van der Waals surface area contributed by atoms with Crippen molar-refractivity contribution >= 4 is 11.9 Å². The number of carboxylic acids is 2. The molecule has 2 rings (SSSR count). The zero-order valence-corrected chi connectivity index (χ0v) is 14.7. The van der Waals surface area contributed by atoms with Gasteiger partial charge in [-0.3, -0.25) is 4.90 Å². The Bertz CT molecular complexity index is 694. The number of carbonyl (C=O) groups is 2. The first-order valence-electron chi connectivity index (χ1n) is 8.48. The molecule has 0 saturated carbocycles. The van der Waals surface area contributed by atoms with Crippen LogP contribution in [0.1, 0.15) is 32.6 Å². The van der Waals surface area contributed by atoms with E-state index in [2.05, 4.69) is 16.9 Å². The first-order valence-corrected chi connectivity index (χ1v) is 8.48. The number of likely N-dealkylation sites (tertiary alicyclic amines) is 1. The molecule has 25 heavy (non-hydrogen) atoms. The summed E-state index contributed by atoms with van der Waals surface area (Å²) in [5.41, 5.74) is 1.25. The van der Waals surface area contributed by atoms with Gasteiger partial charge in [-0.05, 0) is 44.0 Å². The van der Waals surface area contributed by atoms with Crippen molar-refractivity contribution < 1.29 is 19.8 Å². The van der Waals surface area contributed by atoms with E-state index in [4.69, 9.17) is 5.11 Å². The summed E-state index contributed by atoms with van der Waals surface area (Å²) in [6.07, 6.45) is 8.32. The van der Waals surface area contributed by atoms with Gasteiger partial charge in [0.25, 0.3) is 0 Å². The lowest BCUT2D eigenvalue weighted by Gasteiger charge is -2.28. The van der Waals surface area contributed by atoms with Crippen LogP contribution in [0.25, 0.3) is 0 Å². The van der Waals surface area contributed by atoms with Crippen LogP contribution in [-0.2, 0) is 9.59 Å². The molecule has 0 aromatic carbocycles. The van der Waals surface area contributed by atoms with Crippen LogP contribution >= 0.6 is 0 Å². The van der Waals surface area contributed by atoms with Crippen molar-refractivity contribution in [2.45, 2.75) is 38.6 Å². The van der Waals surface area contributed by atoms with E-state index in [1.54, 1.807) is 4.90 Å². The van der Waals surface area contributed by atoms with Crippen molar-refractivity contribution in [2.24, 2.45) is 0 Å². The van der Waals surface area contributed by atoms with Crippen LogP contribution < -0.4 is 0 Å². The van der Waals surface area contributed by atoms with Gasteiger partial charge in [0.05, 0.1) is 12.1 Å². The standard InChI is InChI=1S/C19H24N2O4/c1-3-4-5-9-21-12-14(16(19(24)25)11-18(22)23)10-15(13-21)17-7-6-8-20(17)2/h10-11,13,17H,3-4,6-8,12H2,1-2H3,(H,22,23)(H,24,25). The fourth-order valence-corrected chi connectivity index (χ4v) is 3.14. The Labute approximate surface area is 148 Å². The topological polar surface area (TPSA) is 81.1 Å². The van der Waals surface area contributed by atoms with Gasteiger partial charge >= 0.3 is 11.9 Å². The van der Waals surface area contributed by atoms with Gasteiger partial charge < -0.3 is 15.1 Å². The highest BCUT2D eigenvalue weighted by Gasteiger charge is 2.28. The summed E-state index contributed by atoms with van der Waals surface area (Å²) < 4.78 is 0. The van der Waals surface area contributed by atoms with Crippen LogP contribution in [0.15, 0.2) is 35.1 Å². The Balaban J connectivity index is 2.39. The van der Waals surface area contributed by atoms with Crippen molar-refractivity contribution in [1.29, 1.82) is 0 Å². The van der Waals surface area contributed by atoms with Gasteiger partial charge in [0.1, 0.15) is 0 Å². The second kappa shape index (κ2) is 8.54. The summed E-state index contributed by atoms with van der Waals surface area (Å²) in [5.74, 6) is 0.557. The quantitative estimate of drug-likeness (QED) is 0.587. The number of rotatable bonds is 5. The van der Waals surface area contributed by atoms with E-state index < -0.39 is 11.9 Å². The molecule has 0 radical (unpaired) electrons. The average Bonchev–Trinajstić information content (AvgIpc) is 2.98. The van der Waals surface area contributed by atoms with E-state index in [0.29, 0.717) is 5.57 Å².